The first-order chi connectivity index (χ1) is 9.70. The number of aromatic nitrogens is 2. The summed E-state index contributed by atoms with van der Waals surface area (Å²) >= 11 is 1.50. The zero-order valence-electron chi connectivity index (χ0n) is 11.6. The first-order valence-electron chi connectivity index (χ1n) is 6.51. The highest BCUT2D eigenvalue weighted by atomic mass is 32.1. The van der Waals surface area contributed by atoms with Crippen LogP contribution in [0, 0.1) is 5.92 Å². The Morgan fingerprint density at radius 1 is 1.30 bits per heavy atom. The fourth-order valence-electron chi connectivity index (χ4n) is 1.76. The lowest BCUT2D eigenvalue weighted by Gasteiger charge is -2.09. The molecule has 0 spiro atoms. The smallest absolute Gasteiger partial charge is 0.224 e. The fraction of sp³-hybridized carbons (Fsp3) is 0.357. The standard InChI is InChI=1S/C14H18N4OS/c1-10(8-15-2)13(19)16-9-12-17-18-14(20-12)11-6-4-3-5-7-11/h3-7,10,15H,8-9H2,1-2H3,(H,16,19). The van der Waals surface area contributed by atoms with Crippen LogP contribution >= 0.6 is 11.3 Å². The van der Waals surface area contributed by atoms with Gasteiger partial charge in [-0.2, -0.15) is 0 Å². The number of nitrogens with zero attached hydrogens (tertiary/aromatic N) is 2. The molecule has 5 nitrogen and oxygen atoms in total. The van der Waals surface area contributed by atoms with Crippen LogP contribution in [0.1, 0.15) is 11.9 Å². The minimum absolute atomic E-state index is 0.0239. The summed E-state index contributed by atoms with van der Waals surface area (Å²) < 4.78 is 0. The highest BCUT2D eigenvalue weighted by Crippen LogP contribution is 2.22. The third-order valence-electron chi connectivity index (χ3n) is 2.86. The van der Waals surface area contributed by atoms with Crippen molar-refractivity contribution in [3.05, 3.63) is 35.3 Å². The van der Waals surface area contributed by atoms with Crippen LogP contribution in [0.15, 0.2) is 30.3 Å². The van der Waals surface area contributed by atoms with Gasteiger partial charge in [-0.05, 0) is 7.05 Å². The lowest BCUT2D eigenvalue weighted by atomic mass is 10.1. The second-order valence-electron chi connectivity index (χ2n) is 4.54. The lowest BCUT2D eigenvalue weighted by Crippen LogP contribution is -2.33. The summed E-state index contributed by atoms with van der Waals surface area (Å²) in [5, 5.41) is 15.8. The summed E-state index contributed by atoms with van der Waals surface area (Å²) in [6, 6.07) is 9.90. The SMILES string of the molecule is CNCC(C)C(=O)NCc1nnc(-c2ccccc2)s1. The van der Waals surface area contributed by atoms with Gasteiger partial charge in [0.1, 0.15) is 10.0 Å². The normalized spacial score (nSPS) is 12.1. The van der Waals surface area contributed by atoms with Crippen LogP contribution in [0.2, 0.25) is 0 Å². The van der Waals surface area contributed by atoms with Crippen molar-refractivity contribution in [1.29, 1.82) is 0 Å². The number of rotatable bonds is 6. The maximum Gasteiger partial charge on any atom is 0.224 e. The largest absolute Gasteiger partial charge is 0.349 e. The van der Waals surface area contributed by atoms with Gasteiger partial charge in [-0.15, -0.1) is 10.2 Å². The van der Waals surface area contributed by atoms with Gasteiger partial charge in [0.25, 0.3) is 0 Å². The van der Waals surface area contributed by atoms with Crippen molar-refractivity contribution in [2.75, 3.05) is 13.6 Å². The van der Waals surface area contributed by atoms with E-state index < -0.39 is 0 Å². The predicted molar refractivity (Wildman–Crippen MR) is 80.3 cm³/mol. The number of benzene rings is 1. The van der Waals surface area contributed by atoms with Gasteiger partial charge >= 0.3 is 0 Å². The summed E-state index contributed by atoms with van der Waals surface area (Å²) in [6.07, 6.45) is 0. The molecule has 2 rings (SSSR count). The zero-order valence-corrected chi connectivity index (χ0v) is 12.4. The Morgan fingerprint density at radius 2 is 2.05 bits per heavy atom. The van der Waals surface area contributed by atoms with Gasteiger partial charge in [0.15, 0.2) is 0 Å². The summed E-state index contributed by atoms with van der Waals surface area (Å²) in [4.78, 5) is 11.8. The lowest BCUT2D eigenvalue weighted by molar-refractivity contribution is -0.124. The number of amides is 1. The van der Waals surface area contributed by atoms with Crippen LogP contribution in [0.3, 0.4) is 0 Å². The average Bonchev–Trinajstić information content (AvgIpc) is 2.95. The molecule has 1 aromatic heterocycles. The third-order valence-corrected chi connectivity index (χ3v) is 3.83. The van der Waals surface area contributed by atoms with Crippen LogP contribution in [-0.4, -0.2) is 29.7 Å². The topological polar surface area (TPSA) is 66.9 Å². The first-order valence-corrected chi connectivity index (χ1v) is 7.32. The van der Waals surface area contributed by atoms with Crippen molar-refractivity contribution in [2.24, 2.45) is 5.92 Å². The van der Waals surface area contributed by atoms with Gasteiger partial charge in [0, 0.05) is 18.0 Å². The van der Waals surface area contributed by atoms with E-state index in [2.05, 4.69) is 20.8 Å². The predicted octanol–water partition coefficient (Wildman–Crippen LogP) is 1.68. The highest BCUT2D eigenvalue weighted by Gasteiger charge is 2.12. The van der Waals surface area contributed by atoms with Crippen LogP contribution < -0.4 is 10.6 Å². The summed E-state index contributed by atoms with van der Waals surface area (Å²) in [7, 11) is 1.83. The van der Waals surface area contributed by atoms with Crippen molar-refractivity contribution < 1.29 is 4.79 Å². The van der Waals surface area contributed by atoms with Gasteiger partial charge in [-0.1, -0.05) is 48.6 Å². The number of carbonyl (C=O) groups is 1. The Balaban J connectivity index is 1.92. The molecule has 6 heteroatoms. The van der Waals surface area contributed by atoms with E-state index in [0.29, 0.717) is 13.1 Å². The Hall–Kier alpha value is -1.79. The second kappa shape index (κ2) is 7.12. The molecule has 0 saturated carbocycles. The van der Waals surface area contributed by atoms with E-state index in [0.717, 1.165) is 15.6 Å². The third kappa shape index (κ3) is 3.85. The van der Waals surface area contributed by atoms with E-state index in [9.17, 15) is 4.79 Å². The Morgan fingerprint density at radius 3 is 2.75 bits per heavy atom. The van der Waals surface area contributed by atoms with Gasteiger partial charge in [-0.25, -0.2) is 0 Å². The van der Waals surface area contributed by atoms with E-state index in [1.165, 1.54) is 11.3 Å². The molecule has 0 aliphatic carbocycles. The number of carbonyl (C=O) groups excluding carboxylic acids is 1. The minimum atomic E-state index is -0.0542. The fourth-order valence-corrected chi connectivity index (χ4v) is 2.54. The number of nitrogens with one attached hydrogen (secondary N) is 2. The molecule has 0 aliphatic rings. The van der Waals surface area contributed by atoms with Gasteiger partial charge in [0.2, 0.25) is 5.91 Å². The molecule has 20 heavy (non-hydrogen) atoms. The Kier molecular flexibility index (Phi) is 5.20. The van der Waals surface area contributed by atoms with E-state index in [4.69, 9.17) is 0 Å². The van der Waals surface area contributed by atoms with Crippen LogP contribution in [0.25, 0.3) is 10.6 Å². The second-order valence-corrected chi connectivity index (χ2v) is 5.61. The maximum atomic E-state index is 11.8. The van der Waals surface area contributed by atoms with Gasteiger partial charge in [0.05, 0.1) is 6.54 Å². The van der Waals surface area contributed by atoms with Crippen LogP contribution in [0.5, 0.6) is 0 Å². The molecular weight excluding hydrogens is 272 g/mol. The summed E-state index contributed by atoms with van der Waals surface area (Å²) in [5.74, 6) is -0.0303. The molecule has 0 saturated heterocycles. The van der Waals surface area contributed by atoms with E-state index in [-0.39, 0.29) is 11.8 Å². The quantitative estimate of drug-likeness (QED) is 0.849. The zero-order chi connectivity index (χ0) is 14.4. The van der Waals surface area contributed by atoms with Crippen molar-refractivity contribution >= 4 is 17.2 Å². The molecule has 1 amide bonds. The summed E-state index contributed by atoms with van der Waals surface area (Å²) in [6.45, 7) is 2.98. The molecule has 1 heterocycles. The highest BCUT2D eigenvalue weighted by molar-refractivity contribution is 7.14. The van der Waals surface area contributed by atoms with Gasteiger partial charge in [-0.3, -0.25) is 4.79 Å². The minimum Gasteiger partial charge on any atom is -0.349 e. The van der Waals surface area contributed by atoms with Crippen molar-refractivity contribution in [3.63, 3.8) is 0 Å². The van der Waals surface area contributed by atoms with Crippen LogP contribution in [0.4, 0.5) is 0 Å². The van der Waals surface area contributed by atoms with E-state index >= 15 is 0 Å². The number of hydrogen-bond donors (Lipinski definition) is 2. The average molecular weight is 290 g/mol. The molecule has 2 aromatic rings. The molecule has 0 radical (unpaired) electrons. The maximum absolute atomic E-state index is 11.8. The van der Waals surface area contributed by atoms with E-state index in [1.807, 2.05) is 44.3 Å². The monoisotopic (exact) mass is 290 g/mol. The van der Waals surface area contributed by atoms with Crippen molar-refractivity contribution in [3.8, 4) is 10.6 Å². The molecule has 106 valence electrons. The molecule has 0 bridgehead atoms. The Labute approximate surface area is 122 Å². The van der Waals surface area contributed by atoms with E-state index in [1.54, 1.807) is 0 Å². The van der Waals surface area contributed by atoms with Crippen LogP contribution in [-0.2, 0) is 11.3 Å². The molecule has 0 fully saturated rings. The number of hydrogen-bond acceptors (Lipinski definition) is 5. The molecule has 1 aromatic carbocycles. The molecule has 1 atom stereocenters. The molecular formula is C14H18N4OS. The first kappa shape index (κ1) is 14.6. The van der Waals surface area contributed by atoms with Crippen molar-refractivity contribution in [1.82, 2.24) is 20.8 Å². The Bertz CT molecular complexity index is 555. The summed E-state index contributed by atoms with van der Waals surface area (Å²) in [5.41, 5.74) is 1.05. The van der Waals surface area contributed by atoms with Gasteiger partial charge < -0.3 is 10.6 Å². The molecule has 1 unspecified atom stereocenters. The molecule has 2 N–H and O–H groups in total. The van der Waals surface area contributed by atoms with Crippen molar-refractivity contribution in [2.45, 2.75) is 13.5 Å². The molecule has 0 aliphatic heterocycles.